The summed E-state index contributed by atoms with van der Waals surface area (Å²) in [6.45, 7) is 0.472. The number of rotatable bonds is 4. The van der Waals surface area contributed by atoms with Crippen LogP contribution in [-0.2, 0) is 6.54 Å². The summed E-state index contributed by atoms with van der Waals surface area (Å²) in [4.78, 5) is 5.06. The highest BCUT2D eigenvalue weighted by atomic mass is 32.2. The molecule has 0 unspecified atom stereocenters. The molecule has 1 heterocycles. The number of halogens is 3. The van der Waals surface area contributed by atoms with Gasteiger partial charge in [0, 0.05) is 21.7 Å². The molecule has 0 atom stereocenters. The van der Waals surface area contributed by atoms with Crippen LogP contribution in [0, 0.1) is 0 Å². The molecule has 0 amide bonds. The lowest BCUT2D eigenvalue weighted by atomic mass is 10.3. The van der Waals surface area contributed by atoms with Crippen LogP contribution in [0.4, 0.5) is 18.9 Å². The predicted octanol–water partition coefficient (Wildman–Crippen LogP) is 4.37. The number of nitrogens with zero attached hydrogens (tertiary/aromatic N) is 1. The summed E-state index contributed by atoms with van der Waals surface area (Å²) in [7, 11) is 0. The number of para-hydroxylation sites is 1. The fourth-order valence-corrected chi connectivity index (χ4v) is 2.52. The van der Waals surface area contributed by atoms with E-state index in [1.54, 1.807) is 29.9 Å². The standard InChI is InChI=1S/C11H9F3N2S2/c12-11(13,14)18-10-4-2-1-3-9(10)16-6-8-5-15-7-17-8/h1-5,7,16H,6H2. The lowest BCUT2D eigenvalue weighted by Gasteiger charge is -2.12. The maximum Gasteiger partial charge on any atom is 0.446 e. The molecule has 1 aromatic heterocycles. The summed E-state index contributed by atoms with van der Waals surface area (Å²) in [5.74, 6) is 0. The topological polar surface area (TPSA) is 24.9 Å². The number of alkyl halides is 3. The van der Waals surface area contributed by atoms with Gasteiger partial charge in [0.15, 0.2) is 0 Å². The molecule has 18 heavy (non-hydrogen) atoms. The van der Waals surface area contributed by atoms with Crippen LogP contribution in [0.3, 0.4) is 0 Å². The first kappa shape index (κ1) is 13.2. The monoisotopic (exact) mass is 290 g/mol. The molecule has 1 aromatic carbocycles. The zero-order valence-corrected chi connectivity index (χ0v) is 10.7. The van der Waals surface area contributed by atoms with Crippen molar-refractivity contribution in [2.75, 3.05) is 5.32 Å². The fraction of sp³-hybridized carbons (Fsp3) is 0.182. The van der Waals surface area contributed by atoms with Gasteiger partial charge in [0.2, 0.25) is 0 Å². The Morgan fingerprint density at radius 1 is 1.28 bits per heavy atom. The highest BCUT2D eigenvalue weighted by Gasteiger charge is 2.30. The Balaban J connectivity index is 2.07. The third-order valence-corrected chi connectivity index (χ3v) is 3.64. The molecule has 0 fully saturated rings. The van der Waals surface area contributed by atoms with E-state index in [9.17, 15) is 13.2 Å². The molecule has 2 aromatic rings. The zero-order valence-electron chi connectivity index (χ0n) is 9.07. The number of thioether (sulfide) groups is 1. The maximum atomic E-state index is 12.4. The minimum atomic E-state index is -4.28. The third kappa shape index (κ3) is 3.92. The molecule has 0 aliphatic carbocycles. The summed E-state index contributed by atoms with van der Waals surface area (Å²) in [6, 6.07) is 6.38. The Hall–Kier alpha value is -1.21. The van der Waals surface area contributed by atoms with Crippen molar-refractivity contribution in [3.63, 3.8) is 0 Å². The van der Waals surface area contributed by atoms with Crippen molar-refractivity contribution < 1.29 is 13.2 Å². The van der Waals surface area contributed by atoms with Crippen LogP contribution in [0.25, 0.3) is 0 Å². The van der Waals surface area contributed by atoms with Crippen LogP contribution in [0.2, 0.25) is 0 Å². The molecule has 0 aliphatic heterocycles. The molecule has 2 rings (SSSR count). The van der Waals surface area contributed by atoms with Gasteiger partial charge < -0.3 is 5.32 Å². The minimum Gasteiger partial charge on any atom is -0.379 e. The zero-order chi connectivity index (χ0) is 13.0. The Labute approximate surface area is 110 Å². The van der Waals surface area contributed by atoms with Gasteiger partial charge >= 0.3 is 5.51 Å². The van der Waals surface area contributed by atoms with E-state index in [2.05, 4.69) is 10.3 Å². The number of benzene rings is 1. The molecule has 0 saturated heterocycles. The number of aromatic nitrogens is 1. The second-order valence-corrected chi connectivity index (χ2v) is 5.44. The van der Waals surface area contributed by atoms with Gasteiger partial charge in [-0.3, -0.25) is 4.98 Å². The minimum absolute atomic E-state index is 0.110. The summed E-state index contributed by atoms with van der Waals surface area (Å²) >= 11 is 1.35. The molecule has 7 heteroatoms. The van der Waals surface area contributed by atoms with Gasteiger partial charge in [-0.05, 0) is 23.9 Å². The Morgan fingerprint density at radius 2 is 2.06 bits per heavy atom. The second-order valence-electron chi connectivity index (χ2n) is 3.37. The molecular weight excluding hydrogens is 281 g/mol. The van der Waals surface area contributed by atoms with E-state index < -0.39 is 5.51 Å². The fourth-order valence-electron chi connectivity index (χ4n) is 1.34. The average molecular weight is 290 g/mol. The number of anilines is 1. The van der Waals surface area contributed by atoms with E-state index in [4.69, 9.17) is 0 Å². The van der Waals surface area contributed by atoms with E-state index in [1.165, 1.54) is 17.4 Å². The number of thiazole rings is 1. The van der Waals surface area contributed by atoms with Crippen molar-refractivity contribution in [3.8, 4) is 0 Å². The van der Waals surface area contributed by atoms with E-state index in [0.29, 0.717) is 12.2 Å². The second kappa shape index (κ2) is 5.62. The molecule has 96 valence electrons. The van der Waals surface area contributed by atoms with E-state index in [-0.39, 0.29) is 16.7 Å². The largest absolute Gasteiger partial charge is 0.446 e. The molecule has 0 spiro atoms. The Morgan fingerprint density at radius 3 is 2.72 bits per heavy atom. The summed E-state index contributed by atoms with van der Waals surface area (Å²) in [5, 5.41) is 2.99. The first-order valence-corrected chi connectivity index (χ1v) is 6.70. The number of hydrogen-bond donors (Lipinski definition) is 1. The van der Waals surface area contributed by atoms with Gasteiger partial charge in [-0.2, -0.15) is 13.2 Å². The molecule has 0 aliphatic rings. The van der Waals surface area contributed by atoms with Gasteiger partial charge in [-0.15, -0.1) is 11.3 Å². The normalized spacial score (nSPS) is 11.5. The van der Waals surface area contributed by atoms with E-state index >= 15 is 0 Å². The van der Waals surface area contributed by atoms with Crippen molar-refractivity contribution in [3.05, 3.63) is 40.8 Å². The van der Waals surface area contributed by atoms with Crippen LogP contribution in [0.1, 0.15) is 4.88 Å². The Kier molecular flexibility index (Phi) is 4.13. The predicted molar refractivity (Wildman–Crippen MR) is 67.8 cm³/mol. The molecule has 0 radical (unpaired) electrons. The van der Waals surface area contributed by atoms with Gasteiger partial charge in [-0.1, -0.05) is 12.1 Å². The first-order chi connectivity index (χ1) is 8.54. The van der Waals surface area contributed by atoms with Gasteiger partial charge in [-0.25, -0.2) is 0 Å². The van der Waals surface area contributed by atoms with Crippen molar-refractivity contribution in [1.29, 1.82) is 0 Å². The molecule has 2 nitrogen and oxygen atoms in total. The van der Waals surface area contributed by atoms with Gasteiger partial charge in [0.1, 0.15) is 0 Å². The lowest BCUT2D eigenvalue weighted by molar-refractivity contribution is -0.0327. The van der Waals surface area contributed by atoms with Crippen molar-refractivity contribution in [2.24, 2.45) is 0 Å². The van der Waals surface area contributed by atoms with Gasteiger partial charge in [0.25, 0.3) is 0 Å². The van der Waals surface area contributed by atoms with Crippen molar-refractivity contribution >= 4 is 28.8 Å². The summed E-state index contributed by atoms with van der Waals surface area (Å²) in [6.07, 6.45) is 1.69. The third-order valence-electron chi connectivity index (χ3n) is 2.05. The molecule has 1 N–H and O–H groups in total. The highest BCUT2D eigenvalue weighted by Crippen LogP contribution is 2.40. The van der Waals surface area contributed by atoms with E-state index in [0.717, 1.165) is 4.88 Å². The summed E-state index contributed by atoms with van der Waals surface area (Å²) < 4.78 is 37.1. The van der Waals surface area contributed by atoms with E-state index in [1.807, 2.05) is 0 Å². The first-order valence-electron chi connectivity index (χ1n) is 5.00. The Bertz CT molecular complexity index is 497. The lowest BCUT2D eigenvalue weighted by Crippen LogP contribution is -2.03. The average Bonchev–Trinajstić information content (AvgIpc) is 2.79. The smallest absolute Gasteiger partial charge is 0.379 e. The van der Waals surface area contributed by atoms with Crippen LogP contribution in [0.5, 0.6) is 0 Å². The maximum absolute atomic E-state index is 12.4. The molecule has 0 saturated carbocycles. The van der Waals surface area contributed by atoms with Crippen LogP contribution in [0.15, 0.2) is 40.9 Å². The SMILES string of the molecule is FC(F)(F)Sc1ccccc1NCc1cncs1. The van der Waals surface area contributed by atoms with Crippen molar-refractivity contribution in [1.82, 2.24) is 4.98 Å². The van der Waals surface area contributed by atoms with Crippen LogP contribution < -0.4 is 5.32 Å². The molecule has 0 bridgehead atoms. The number of nitrogens with one attached hydrogen (secondary N) is 1. The van der Waals surface area contributed by atoms with Crippen LogP contribution >= 0.6 is 23.1 Å². The van der Waals surface area contributed by atoms with Crippen LogP contribution in [-0.4, -0.2) is 10.5 Å². The van der Waals surface area contributed by atoms with Gasteiger partial charge in [0.05, 0.1) is 12.1 Å². The quantitative estimate of drug-likeness (QED) is 0.846. The number of hydrogen-bond acceptors (Lipinski definition) is 4. The summed E-state index contributed by atoms with van der Waals surface area (Å²) in [5.41, 5.74) is -2.11. The van der Waals surface area contributed by atoms with Crippen molar-refractivity contribution in [2.45, 2.75) is 16.9 Å². The highest BCUT2D eigenvalue weighted by molar-refractivity contribution is 8.00. The molecular formula is C11H9F3N2S2.